The number of allylic oxidation sites excluding steroid dienone is 1. The predicted molar refractivity (Wildman–Crippen MR) is 135 cm³/mol. The van der Waals surface area contributed by atoms with E-state index in [2.05, 4.69) is 20.0 Å². The molecule has 0 aromatic heterocycles. The summed E-state index contributed by atoms with van der Waals surface area (Å²) < 4.78 is 60.0. The van der Waals surface area contributed by atoms with Crippen LogP contribution in [0.15, 0.2) is 69.8 Å². The molecule has 0 saturated carbocycles. The molecule has 5 N–H and O–H groups in total. The lowest BCUT2D eigenvalue weighted by Gasteiger charge is -2.20. The number of aliphatic hydroxyl groups excluding tert-OH is 1. The SMILES string of the molecule is CN=Cc1cc(NC(=O)/C(=C2/N=C(OCC(F)F)C=C(CO)C2=N)c2ccc(OC(F)F)cc2)ccc1N. The van der Waals surface area contributed by atoms with Gasteiger partial charge in [-0.25, -0.2) is 13.8 Å². The molecular weight excluding hydrogens is 510 g/mol. The molecule has 0 unspecified atom stereocenters. The smallest absolute Gasteiger partial charge is 0.387 e. The van der Waals surface area contributed by atoms with Crippen molar-refractivity contribution in [2.75, 3.05) is 31.3 Å². The molecule has 2 aromatic carbocycles. The number of nitrogens with two attached hydrogens (primary N) is 1. The highest BCUT2D eigenvalue weighted by Crippen LogP contribution is 2.29. The Balaban J connectivity index is 2.13. The Morgan fingerprint density at radius 1 is 1.21 bits per heavy atom. The molecule has 200 valence electrons. The van der Waals surface area contributed by atoms with Gasteiger partial charge in [-0.1, -0.05) is 12.1 Å². The van der Waals surface area contributed by atoms with Gasteiger partial charge < -0.3 is 25.6 Å². The van der Waals surface area contributed by atoms with E-state index in [0.29, 0.717) is 16.9 Å². The normalized spacial score (nSPS) is 15.0. The van der Waals surface area contributed by atoms with Crippen LogP contribution in [0, 0.1) is 5.41 Å². The molecule has 0 saturated heterocycles. The van der Waals surface area contributed by atoms with Gasteiger partial charge in [-0.2, -0.15) is 8.78 Å². The number of halogens is 4. The summed E-state index contributed by atoms with van der Waals surface area (Å²) in [5, 5.41) is 20.9. The topological polar surface area (TPSA) is 142 Å². The first-order valence-corrected chi connectivity index (χ1v) is 11.0. The zero-order valence-corrected chi connectivity index (χ0v) is 19.9. The summed E-state index contributed by atoms with van der Waals surface area (Å²) in [6.07, 6.45) is -0.230. The fourth-order valence-corrected chi connectivity index (χ4v) is 3.37. The number of hydrogen-bond donors (Lipinski definition) is 4. The lowest BCUT2D eigenvalue weighted by Crippen LogP contribution is -2.24. The summed E-state index contributed by atoms with van der Waals surface area (Å²) in [5.74, 6) is -1.32. The standard InChI is InChI=1S/C25H23F4N5O4/c1-32-10-14-8-16(4-7-18(14)30)33-24(36)21(13-2-5-17(6-3-13)38-25(28)29)23-22(31)15(11-35)9-20(34-23)37-12-19(26)27/h2-10,19,25,31,35H,11-12,30H2,1H3,(H,33,36)/b23-21+,31-22?,32-10?. The van der Waals surface area contributed by atoms with Gasteiger partial charge in [0.1, 0.15) is 11.4 Å². The maximum absolute atomic E-state index is 13.5. The first kappa shape index (κ1) is 28.1. The minimum Gasteiger partial charge on any atom is -0.472 e. The van der Waals surface area contributed by atoms with Crippen LogP contribution in [0.4, 0.5) is 28.9 Å². The highest BCUT2D eigenvalue weighted by Gasteiger charge is 2.27. The molecule has 0 atom stereocenters. The van der Waals surface area contributed by atoms with Gasteiger partial charge in [0, 0.05) is 41.8 Å². The minimum absolute atomic E-state index is 0.0452. The van der Waals surface area contributed by atoms with E-state index in [4.69, 9.17) is 15.9 Å². The zero-order chi connectivity index (χ0) is 27.8. The number of nitrogens with zero attached hydrogens (tertiary/aromatic N) is 2. The lowest BCUT2D eigenvalue weighted by atomic mass is 9.95. The van der Waals surface area contributed by atoms with Crippen LogP contribution in [0.2, 0.25) is 0 Å². The van der Waals surface area contributed by atoms with Crippen LogP contribution in [0.5, 0.6) is 5.75 Å². The van der Waals surface area contributed by atoms with Crippen LogP contribution in [0.3, 0.4) is 0 Å². The van der Waals surface area contributed by atoms with Crippen LogP contribution in [-0.4, -0.2) is 62.1 Å². The lowest BCUT2D eigenvalue weighted by molar-refractivity contribution is -0.111. The summed E-state index contributed by atoms with van der Waals surface area (Å²) in [4.78, 5) is 21.5. The highest BCUT2D eigenvalue weighted by atomic mass is 19.3. The molecule has 0 aliphatic carbocycles. The first-order chi connectivity index (χ1) is 18.1. The molecular formula is C25H23F4N5O4. The van der Waals surface area contributed by atoms with Crippen molar-refractivity contribution in [2.24, 2.45) is 9.98 Å². The Morgan fingerprint density at radius 3 is 2.53 bits per heavy atom. The van der Waals surface area contributed by atoms with Crippen LogP contribution >= 0.6 is 0 Å². The van der Waals surface area contributed by atoms with Crippen molar-refractivity contribution in [3.63, 3.8) is 0 Å². The van der Waals surface area contributed by atoms with E-state index in [1.165, 1.54) is 36.5 Å². The number of carbonyl (C=O) groups excluding carboxylic acids is 1. The van der Waals surface area contributed by atoms with Crippen molar-refractivity contribution >= 4 is 40.7 Å². The van der Waals surface area contributed by atoms with Crippen molar-refractivity contribution in [3.05, 3.63) is 70.9 Å². The quantitative estimate of drug-likeness (QED) is 0.167. The Bertz CT molecular complexity index is 1320. The van der Waals surface area contributed by atoms with Crippen molar-refractivity contribution < 1.29 is 36.9 Å². The highest BCUT2D eigenvalue weighted by molar-refractivity contribution is 6.34. The molecule has 9 nitrogen and oxygen atoms in total. The average molecular weight is 533 g/mol. The van der Waals surface area contributed by atoms with Crippen LogP contribution < -0.4 is 15.8 Å². The number of alkyl halides is 4. The number of aliphatic imine (C=N–C) groups is 2. The van der Waals surface area contributed by atoms with Gasteiger partial charge in [-0.15, -0.1) is 0 Å². The summed E-state index contributed by atoms with van der Waals surface area (Å²) in [7, 11) is 1.54. The van der Waals surface area contributed by atoms with Crippen molar-refractivity contribution in [3.8, 4) is 5.75 Å². The average Bonchev–Trinajstić information content (AvgIpc) is 2.87. The molecule has 0 spiro atoms. The van der Waals surface area contributed by atoms with Gasteiger partial charge in [-0.05, 0) is 35.9 Å². The number of ether oxygens (including phenoxy) is 2. The number of hydrogen-bond acceptors (Lipinski definition) is 8. The maximum Gasteiger partial charge on any atom is 0.387 e. The largest absolute Gasteiger partial charge is 0.472 e. The molecule has 38 heavy (non-hydrogen) atoms. The summed E-state index contributed by atoms with van der Waals surface area (Å²) >= 11 is 0. The number of nitrogens with one attached hydrogen (secondary N) is 2. The zero-order valence-electron chi connectivity index (χ0n) is 19.9. The number of aliphatic hydroxyl groups is 1. The van der Waals surface area contributed by atoms with Gasteiger partial charge in [0.05, 0.1) is 17.9 Å². The second kappa shape index (κ2) is 12.6. The number of carbonyl (C=O) groups is 1. The Morgan fingerprint density at radius 2 is 1.92 bits per heavy atom. The van der Waals surface area contributed by atoms with Crippen LogP contribution in [0.1, 0.15) is 11.1 Å². The van der Waals surface area contributed by atoms with E-state index >= 15 is 0 Å². The van der Waals surface area contributed by atoms with E-state index in [1.807, 2.05) is 0 Å². The Hall–Kier alpha value is -4.52. The molecule has 1 amide bonds. The number of amides is 1. The Labute approximate surface area is 214 Å². The molecule has 13 heteroatoms. The molecule has 1 heterocycles. The van der Waals surface area contributed by atoms with E-state index in [1.54, 1.807) is 19.2 Å². The number of nitrogen functional groups attached to an aromatic ring is 1. The Kier molecular flexibility index (Phi) is 9.33. The van der Waals surface area contributed by atoms with E-state index in [0.717, 1.165) is 6.08 Å². The summed E-state index contributed by atoms with van der Waals surface area (Å²) in [6.45, 7) is -4.76. The monoisotopic (exact) mass is 533 g/mol. The third kappa shape index (κ3) is 7.03. The number of dihydropyridines is 1. The second-order valence-corrected chi connectivity index (χ2v) is 7.67. The van der Waals surface area contributed by atoms with Crippen LogP contribution in [0.25, 0.3) is 5.57 Å². The number of benzene rings is 2. The van der Waals surface area contributed by atoms with Crippen molar-refractivity contribution in [2.45, 2.75) is 13.0 Å². The maximum atomic E-state index is 13.5. The first-order valence-electron chi connectivity index (χ1n) is 11.0. The van der Waals surface area contributed by atoms with E-state index < -0.39 is 32.2 Å². The van der Waals surface area contributed by atoms with E-state index in [9.17, 15) is 27.5 Å². The van der Waals surface area contributed by atoms with E-state index in [-0.39, 0.29) is 39.8 Å². The molecule has 0 fully saturated rings. The number of anilines is 2. The fraction of sp³-hybridized carbons (Fsp3) is 0.200. The minimum atomic E-state index is -3.07. The molecule has 2 aromatic rings. The molecule has 1 aliphatic heterocycles. The molecule has 3 rings (SSSR count). The molecule has 0 bridgehead atoms. The van der Waals surface area contributed by atoms with Gasteiger partial charge in [-0.3, -0.25) is 15.2 Å². The summed E-state index contributed by atoms with van der Waals surface area (Å²) in [5.41, 5.74) is 6.33. The summed E-state index contributed by atoms with van der Waals surface area (Å²) in [6, 6.07) is 9.55. The van der Waals surface area contributed by atoms with Crippen molar-refractivity contribution in [1.29, 1.82) is 5.41 Å². The van der Waals surface area contributed by atoms with Crippen LogP contribution in [-0.2, 0) is 9.53 Å². The van der Waals surface area contributed by atoms with Gasteiger partial charge in [0.2, 0.25) is 5.90 Å². The predicted octanol–water partition coefficient (Wildman–Crippen LogP) is 3.90. The van der Waals surface area contributed by atoms with Gasteiger partial charge >= 0.3 is 6.61 Å². The third-order valence-electron chi connectivity index (χ3n) is 5.05. The molecule has 1 aliphatic rings. The van der Waals surface area contributed by atoms with Crippen molar-refractivity contribution in [1.82, 2.24) is 0 Å². The third-order valence-corrected chi connectivity index (χ3v) is 5.05. The second-order valence-electron chi connectivity index (χ2n) is 7.67. The molecule has 0 radical (unpaired) electrons. The van der Waals surface area contributed by atoms with Gasteiger partial charge in [0.25, 0.3) is 12.3 Å². The van der Waals surface area contributed by atoms with Gasteiger partial charge in [0.15, 0.2) is 6.61 Å². The number of rotatable bonds is 9. The fourth-order valence-electron chi connectivity index (χ4n) is 3.37.